The summed E-state index contributed by atoms with van der Waals surface area (Å²) in [5.41, 5.74) is 5.07. The Morgan fingerprint density at radius 2 is 1.91 bits per heavy atom. The van der Waals surface area contributed by atoms with E-state index in [-0.39, 0.29) is 24.0 Å². The van der Waals surface area contributed by atoms with E-state index in [0.717, 1.165) is 59.1 Å². The summed E-state index contributed by atoms with van der Waals surface area (Å²) in [6.45, 7) is 0.755. The van der Waals surface area contributed by atoms with Crippen LogP contribution in [0.25, 0.3) is 22.2 Å². The van der Waals surface area contributed by atoms with Gasteiger partial charge < -0.3 is 10.1 Å². The second-order valence-corrected chi connectivity index (χ2v) is 8.11. The molecule has 1 aromatic carbocycles. The van der Waals surface area contributed by atoms with Crippen LogP contribution in [0.5, 0.6) is 6.01 Å². The molecular formula is C25H24FN5O2. The number of anilines is 1. The molecule has 7 nitrogen and oxygen atoms in total. The largest absolute Gasteiger partial charge is 0.463 e. The van der Waals surface area contributed by atoms with E-state index in [9.17, 15) is 9.18 Å². The fourth-order valence-corrected chi connectivity index (χ4v) is 4.23. The van der Waals surface area contributed by atoms with Gasteiger partial charge in [0.2, 0.25) is 0 Å². The van der Waals surface area contributed by atoms with Crippen molar-refractivity contribution in [1.82, 2.24) is 19.5 Å². The smallest absolute Gasteiger partial charge is 0.299 e. The molecule has 5 rings (SSSR count). The van der Waals surface area contributed by atoms with Crippen LogP contribution in [0.3, 0.4) is 0 Å². The Kier molecular flexibility index (Phi) is 5.73. The van der Waals surface area contributed by atoms with E-state index >= 15 is 0 Å². The standard InChI is InChI=1S/C25H24FN5O2/c1-31-23(32)15-22(16-8-10-27-11-9-16)30-25(31)33-13-12-28-24-18-4-2-3-5-20(18)29-21-7-6-17(26)14-19(21)24/h6-11,14-15H,2-5,12-13H2,1H3,(H,28,29). The van der Waals surface area contributed by atoms with Gasteiger partial charge >= 0.3 is 0 Å². The van der Waals surface area contributed by atoms with E-state index in [1.54, 1.807) is 37.6 Å². The number of hydrogen-bond donors (Lipinski definition) is 1. The normalized spacial score (nSPS) is 13.0. The van der Waals surface area contributed by atoms with E-state index < -0.39 is 0 Å². The van der Waals surface area contributed by atoms with Gasteiger partial charge in [-0.15, -0.1) is 0 Å². The van der Waals surface area contributed by atoms with Crippen LogP contribution in [0.2, 0.25) is 0 Å². The Morgan fingerprint density at radius 1 is 1.09 bits per heavy atom. The summed E-state index contributed by atoms with van der Waals surface area (Å²) in [7, 11) is 1.63. The van der Waals surface area contributed by atoms with Crippen LogP contribution in [0.15, 0.2) is 53.6 Å². The zero-order valence-electron chi connectivity index (χ0n) is 18.3. The predicted molar refractivity (Wildman–Crippen MR) is 125 cm³/mol. The number of nitrogens with zero attached hydrogens (tertiary/aromatic N) is 4. The fraction of sp³-hybridized carbons (Fsp3) is 0.280. The van der Waals surface area contributed by atoms with Gasteiger partial charge in [-0.25, -0.2) is 4.39 Å². The first kappa shape index (κ1) is 21.1. The van der Waals surface area contributed by atoms with Gasteiger partial charge in [-0.2, -0.15) is 4.98 Å². The first-order valence-electron chi connectivity index (χ1n) is 11.1. The lowest BCUT2D eigenvalue weighted by Crippen LogP contribution is -2.22. The average molecular weight is 445 g/mol. The van der Waals surface area contributed by atoms with Crippen LogP contribution in [-0.2, 0) is 19.9 Å². The minimum absolute atomic E-state index is 0.204. The molecule has 0 bridgehead atoms. The molecule has 3 aromatic heterocycles. The van der Waals surface area contributed by atoms with E-state index in [1.165, 1.54) is 22.8 Å². The number of ether oxygens (including phenoxy) is 1. The molecule has 0 saturated heterocycles. The Hall–Kier alpha value is -3.81. The third-order valence-corrected chi connectivity index (χ3v) is 5.93. The van der Waals surface area contributed by atoms with E-state index in [4.69, 9.17) is 9.72 Å². The number of aryl methyl sites for hydroxylation is 1. The van der Waals surface area contributed by atoms with E-state index in [2.05, 4.69) is 15.3 Å². The van der Waals surface area contributed by atoms with Crippen LogP contribution < -0.4 is 15.6 Å². The van der Waals surface area contributed by atoms with Crippen LogP contribution in [-0.4, -0.2) is 32.7 Å². The number of aromatic nitrogens is 4. The summed E-state index contributed by atoms with van der Waals surface area (Å²) in [6, 6.07) is 10.0. The highest BCUT2D eigenvalue weighted by molar-refractivity contribution is 5.93. The highest BCUT2D eigenvalue weighted by Gasteiger charge is 2.18. The highest BCUT2D eigenvalue weighted by atomic mass is 19.1. The summed E-state index contributed by atoms with van der Waals surface area (Å²) in [4.78, 5) is 25.7. The molecule has 33 heavy (non-hydrogen) atoms. The maximum atomic E-state index is 14.0. The molecule has 0 fully saturated rings. The molecule has 1 aliphatic rings. The second kappa shape index (κ2) is 8.97. The van der Waals surface area contributed by atoms with Crippen molar-refractivity contribution >= 4 is 16.6 Å². The summed E-state index contributed by atoms with van der Waals surface area (Å²) in [5, 5.41) is 4.22. The van der Waals surface area contributed by atoms with Gasteiger partial charge in [-0.1, -0.05) is 0 Å². The molecule has 0 amide bonds. The SMILES string of the molecule is Cn1c(OCCNc2c3c(nc4ccc(F)cc24)CCCC3)nc(-c2ccncc2)cc1=O. The van der Waals surface area contributed by atoms with Crippen molar-refractivity contribution in [1.29, 1.82) is 0 Å². The van der Waals surface area contributed by atoms with Gasteiger partial charge in [0, 0.05) is 54.4 Å². The number of fused-ring (bicyclic) bond motifs is 2. The van der Waals surface area contributed by atoms with Crippen LogP contribution in [0.4, 0.5) is 10.1 Å². The highest BCUT2D eigenvalue weighted by Crippen LogP contribution is 2.33. The van der Waals surface area contributed by atoms with Gasteiger partial charge in [-0.05, 0) is 61.6 Å². The van der Waals surface area contributed by atoms with Crippen molar-refractivity contribution < 1.29 is 9.13 Å². The van der Waals surface area contributed by atoms with Crippen LogP contribution in [0, 0.1) is 5.82 Å². The summed E-state index contributed by atoms with van der Waals surface area (Å²) in [5.74, 6) is -0.286. The molecule has 0 radical (unpaired) electrons. The fourth-order valence-electron chi connectivity index (χ4n) is 4.23. The Balaban J connectivity index is 1.36. The number of hydrogen-bond acceptors (Lipinski definition) is 6. The first-order valence-corrected chi connectivity index (χ1v) is 11.1. The molecular weight excluding hydrogens is 421 g/mol. The van der Waals surface area contributed by atoms with Crippen LogP contribution >= 0.6 is 0 Å². The molecule has 0 spiro atoms. The Bertz CT molecular complexity index is 1370. The van der Waals surface area contributed by atoms with Gasteiger partial charge in [-0.3, -0.25) is 19.3 Å². The number of benzene rings is 1. The van der Waals surface area contributed by atoms with Gasteiger partial charge in [0.1, 0.15) is 12.4 Å². The van der Waals surface area contributed by atoms with E-state index in [0.29, 0.717) is 12.2 Å². The maximum Gasteiger partial charge on any atom is 0.299 e. The van der Waals surface area contributed by atoms with Crippen LogP contribution in [0.1, 0.15) is 24.1 Å². The monoisotopic (exact) mass is 445 g/mol. The average Bonchev–Trinajstić information content (AvgIpc) is 2.84. The molecule has 1 N–H and O–H groups in total. The summed E-state index contributed by atoms with van der Waals surface area (Å²) in [6.07, 6.45) is 7.37. The zero-order chi connectivity index (χ0) is 22.8. The summed E-state index contributed by atoms with van der Waals surface area (Å²) >= 11 is 0. The van der Waals surface area contributed by atoms with Crippen molar-refractivity contribution in [2.45, 2.75) is 25.7 Å². The lowest BCUT2D eigenvalue weighted by molar-refractivity contribution is 0.290. The number of halogens is 1. The molecule has 0 unspecified atom stereocenters. The van der Waals surface area contributed by atoms with Gasteiger partial charge in [0.25, 0.3) is 11.6 Å². The number of pyridine rings is 2. The van der Waals surface area contributed by atoms with Crippen molar-refractivity contribution in [3.63, 3.8) is 0 Å². The minimum Gasteiger partial charge on any atom is -0.463 e. The predicted octanol–water partition coefficient (Wildman–Crippen LogP) is 3.90. The molecule has 8 heteroatoms. The third-order valence-electron chi connectivity index (χ3n) is 5.93. The topological polar surface area (TPSA) is 81.9 Å². The zero-order valence-corrected chi connectivity index (χ0v) is 18.3. The summed E-state index contributed by atoms with van der Waals surface area (Å²) < 4.78 is 21.2. The Morgan fingerprint density at radius 3 is 2.76 bits per heavy atom. The lowest BCUT2D eigenvalue weighted by atomic mass is 9.92. The number of nitrogens with one attached hydrogen (secondary N) is 1. The molecule has 0 aliphatic heterocycles. The first-order chi connectivity index (χ1) is 16.1. The van der Waals surface area contributed by atoms with Crippen molar-refractivity contribution in [3.05, 3.63) is 76.2 Å². The lowest BCUT2D eigenvalue weighted by Gasteiger charge is -2.22. The molecule has 1 aliphatic carbocycles. The minimum atomic E-state index is -0.286. The molecule has 0 atom stereocenters. The maximum absolute atomic E-state index is 14.0. The molecule has 3 heterocycles. The molecule has 4 aromatic rings. The molecule has 0 saturated carbocycles. The van der Waals surface area contributed by atoms with Gasteiger partial charge in [0.05, 0.1) is 11.2 Å². The van der Waals surface area contributed by atoms with Crippen molar-refractivity contribution in [3.8, 4) is 17.3 Å². The van der Waals surface area contributed by atoms with E-state index in [1.807, 2.05) is 0 Å². The Labute approximate surface area is 190 Å². The van der Waals surface area contributed by atoms with Crippen molar-refractivity contribution in [2.75, 3.05) is 18.5 Å². The molecule has 168 valence electrons. The van der Waals surface area contributed by atoms with Crippen molar-refractivity contribution in [2.24, 2.45) is 7.05 Å². The van der Waals surface area contributed by atoms with Gasteiger partial charge in [0.15, 0.2) is 0 Å². The number of rotatable bonds is 6. The second-order valence-electron chi connectivity index (χ2n) is 8.11. The third kappa shape index (κ3) is 4.28. The quantitative estimate of drug-likeness (QED) is 0.454.